The highest BCUT2D eigenvalue weighted by molar-refractivity contribution is 7.12. The van der Waals surface area contributed by atoms with Crippen molar-refractivity contribution in [1.29, 1.82) is 0 Å². The molecule has 2 aromatic heterocycles. The molecule has 0 fully saturated rings. The van der Waals surface area contributed by atoms with Crippen molar-refractivity contribution in [2.75, 3.05) is 19.5 Å². The summed E-state index contributed by atoms with van der Waals surface area (Å²) in [6, 6.07) is 20.0. The van der Waals surface area contributed by atoms with Crippen LogP contribution >= 0.6 is 11.3 Å². The minimum Gasteiger partial charge on any atom is -0.464 e. The molecule has 2 aromatic carbocycles. The summed E-state index contributed by atoms with van der Waals surface area (Å²) in [6.45, 7) is 0. The molecule has 0 bridgehead atoms. The number of nitrogens with zero attached hydrogens (tertiary/aromatic N) is 3. The van der Waals surface area contributed by atoms with Gasteiger partial charge in [0.1, 0.15) is 11.4 Å². The summed E-state index contributed by atoms with van der Waals surface area (Å²) in [6.07, 6.45) is 0. The van der Waals surface area contributed by atoms with Gasteiger partial charge in [-0.05, 0) is 0 Å². The molecule has 0 aliphatic rings. The summed E-state index contributed by atoms with van der Waals surface area (Å²) in [4.78, 5) is 16.3. The van der Waals surface area contributed by atoms with Crippen molar-refractivity contribution in [3.05, 3.63) is 71.7 Å². The maximum Gasteiger partial charge on any atom is 0.357 e. The second-order valence-corrected chi connectivity index (χ2v) is 6.81. The lowest BCUT2D eigenvalue weighted by Gasteiger charge is -2.08. The maximum atomic E-state index is 11.8. The predicted molar refractivity (Wildman–Crippen MR) is 111 cm³/mol. The Balaban J connectivity index is 1.96. The highest BCUT2D eigenvalue weighted by Crippen LogP contribution is 2.38. The number of carbonyl (C=O) groups excluding carboxylic acids is 1. The fourth-order valence-electron chi connectivity index (χ4n) is 3.01. The van der Waals surface area contributed by atoms with Crippen LogP contribution in [0.5, 0.6) is 0 Å². The molecular formula is C21H18N4O2S. The lowest BCUT2D eigenvalue weighted by molar-refractivity contribution is 0.0595. The van der Waals surface area contributed by atoms with Gasteiger partial charge in [0.05, 0.1) is 12.8 Å². The molecule has 1 N–H and O–H groups in total. The highest BCUT2D eigenvalue weighted by Gasteiger charge is 2.23. The van der Waals surface area contributed by atoms with Gasteiger partial charge >= 0.3 is 5.97 Å². The van der Waals surface area contributed by atoms with Crippen LogP contribution in [-0.2, 0) is 4.74 Å². The third-order valence-corrected chi connectivity index (χ3v) is 5.11. The SMILES string of the molecule is CNc1c(-c2ccccc2)nn(-c2nc(C(=O)OC)cs2)c1-c1ccccc1. The number of anilines is 1. The summed E-state index contributed by atoms with van der Waals surface area (Å²) in [5, 5.41) is 10.4. The summed E-state index contributed by atoms with van der Waals surface area (Å²) in [7, 11) is 3.22. The van der Waals surface area contributed by atoms with Crippen molar-refractivity contribution < 1.29 is 9.53 Å². The zero-order chi connectivity index (χ0) is 19.5. The second-order valence-electron chi connectivity index (χ2n) is 5.97. The smallest absolute Gasteiger partial charge is 0.357 e. The van der Waals surface area contributed by atoms with Crippen molar-refractivity contribution in [3.8, 4) is 27.6 Å². The molecule has 0 aliphatic carbocycles. The van der Waals surface area contributed by atoms with Crippen LogP contribution in [0.15, 0.2) is 66.0 Å². The Kier molecular flexibility index (Phi) is 4.90. The Labute approximate surface area is 166 Å². The minimum atomic E-state index is -0.465. The number of benzene rings is 2. The van der Waals surface area contributed by atoms with Crippen LogP contribution in [0.2, 0.25) is 0 Å². The summed E-state index contributed by atoms with van der Waals surface area (Å²) >= 11 is 1.34. The molecular weight excluding hydrogens is 372 g/mol. The van der Waals surface area contributed by atoms with E-state index in [0.717, 1.165) is 28.2 Å². The lowest BCUT2D eigenvalue weighted by Crippen LogP contribution is -2.04. The van der Waals surface area contributed by atoms with E-state index >= 15 is 0 Å². The van der Waals surface area contributed by atoms with Crippen molar-refractivity contribution >= 4 is 23.0 Å². The molecule has 2 heterocycles. The molecule has 4 rings (SSSR count). The number of nitrogens with one attached hydrogen (secondary N) is 1. The average molecular weight is 390 g/mol. The maximum absolute atomic E-state index is 11.8. The molecule has 140 valence electrons. The molecule has 0 aliphatic heterocycles. The van der Waals surface area contributed by atoms with Crippen LogP contribution < -0.4 is 5.32 Å². The fraction of sp³-hybridized carbons (Fsp3) is 0.0952. The number of methoxy groups -OCH3 is 1. The Hall–Kier alpha value is -3.45. The van der Waals surface area contributed by atoms with E-state index in [9.17, 15) is 4.79 Å². The first-order valence-electron chi connectivity index (χ1n) is 8.68. The molecule has 6 nitrogen and oxygen atoms in total. The van der Waals surface area contributed by atoms with Crippen LogP contribution in [0.3, 0.4) is 0 Å². The van der Waals surface area contributed by atoms with Gasteiger partial charge in [0, 0.05) is 23.6 Å². The van der Waals surface area contributed by atoms with Crippen molar-refractivity contribution in [2.45, 2.75) is 0 Å². The Bertz CT molecular complexity index is 1100. The fourth-order valence-corrected chi connectivity index (χ4v) is 3.76. The number of esters is 1. The molecule has 0 amide bonds. The normalized spacial score (nSPS) is 10.6. The van der Waals surface area contributed by atoms with E-state index in [2.05, 4.69) is 10.3 Å². The molecule has 4 aromatic rings. The van der Waals surface area contributed by atoms with E-state index in [-0.39, 0.29) is 5.69 Å². The first-order valence-corrected chi connectivity index (χ1v) is 9.56. The number of ether oxygens (including phenoxy) is 1. The Morgan fingerprint density at radius 1 is 1.04 bits per heavy atom. The molecule has 0 radical (unpaired) electrons. The van der Waals surface area contributed by atoms with Crippen LogP contribution in [-0.4, -0.2) is 34.9 Å². The quantitative estimate of drug-likeness (QED) is 0.509. The first-order chi connectivity index (χ1) is 13.7. The average Bonchev–Trinajstić information content (AvgIpc) is 3.39. The monoisotopic (exact) mass is 390 g/mol. The Morgan fingerprint density at radius 2 is 1.68 bits per heavy atom. The van der Waals surface area contributed by atoms with Gasteiger partial charge in [-0.2, -0.15) is 5.10 Å². The number of aromatic nitrogens is 3. The molecule has 0 saturated carbocycles. The standard InChI is InChI=1S/C21H18N4O2S/c1-22-18-17(14-9-5-3-6-10-14)24-25(19(18)15-11-7-4-8-12-15)21-23-16(13-28-21)20(26)27-2/h3-13,22H,1-2H3. The third kappa shape index (κ3) is 3.16. The van der Waals surface area contributed by atoms with Gasteiger partial charge < -0.3 is 10.1 Å². The van der Waals surface area contributed by atoms with Gasteiger partial charge in [0.25, 0.3) is 0 Å². The van der Waals surface area contributed by atoms with E-state index in [1.165, 1.54) is 18.4 Å². The van der Waals surface area contributed by atoms with E-state index in [1.807, 2.05) is 67.7 Å². The van der Waals surface area contributed by atoms with Crippen LogP contribution in [0, 0.1) is 0 Å². The minimum absolute atomic E-state index is 0.268. The van der Waals surface area contributed by atoms with E-state index in [4.69, 9.17) is 9.84 Å². The molecule has 0 unspecified atom stereocenters. The van der Waals surface area contributed by atoms with Gasteiger partial charge in [0.2, 0.25) is 5.13 Å². The van der Waals surface area contributed by atoms with Gasteiger partial charge in [-0.1, -0.05) is 60.7 Å². The van der Waals surface area contributed by atoms with E-state index < -0.39 is 5.97 Å². The molecule has 0 atom stereocenters. The van der Waals surface area contributed by atoms with Crippen molar-refractivity contribution in [3.63, 3.8) is 0 Å². The number of hydrogen-bond donors (Lipinski definition) is 1. The number of hydrogen-bond acceptors (Lipinski definition) is 6. The first kappa shape index (κ1) is 17.9. The van der Waals surface area contributed by atoms with Gasteiger partial charge in [0.15, 0.2) is 5.69 Å². The molecule has 7 heteroatoms. The predicted octanol–water partition coefficient (Wildman–Crippen LogP) is 4.49. The molecule has 0 saturated heterocycles. The lowest BCUT2D eigenvalue weighted by atomic mass is 10.1. The highest BCUT2D eigenvalue weighted by atomic mass is 32.1. The third-order valence-electron chi connectivity index (χ3n) is 4.30. The van der Waals surface area contributed by atoms with E-state index in [1.54, 1.807) is 10.1 Å². The van der Waals surface area contributed by atoms with Gasteiger partial charge in [-0.25, -0.2) is 14.5 Å². The Morgan fingerprint density at radius 3 is 2.29 bits per heavy atom. The zero-order valence-electron chi connectivity index (χ0n) is 15.4. The number of thiazole rings is 1. The number of rotatable bonds is 5. The number of carbonyl (C=O) groups is 1. The summed E-state index contributed by atoms with van der Waals surface area (Å²) < 4.78 is 6.56. The largest absolute Gasteiger partial charge is 0.464 e. The van der Waals surface area contributed by atoms with Crippen molar-refractivity contribution in [1.82, 2.24) is 14.8 Å². The van der Waals surface area contributed by atoms with E-state index in [0.29, 0.717) is 5.13 Å². The molecule has 0 spiro atoms. The van der Waals surface area contributed by atoms with Gasteiger partial charge in [-0.3, -0.25) is 0 Å². The van der Waals surface area contributed by atoms with Gasteiger partial charge in [-0.15, -0.1) is 11.3 Å². The summed E-state index contributed by atoms with van der Waals surface area (Å²) in [5.74, 6) is -0.465. The topological polar surface area (TPSA) is 69.0 Å². The second kappa shape index (κ2) is 7.66. The van der Waals surface area contributed by atoms with Crippen molar-refractivity contribution in [2.24, 2.45) is 0 Å². The zero-order valence-corrected chi connectivity index (χ0v) is 16.2. The van der Waals surface area contributed by atoms with Crippen LogP contribution in [0.25, 0.3) is 27.6 Å². The molecule has 28 heavy (non-hydrogen) atoms. The van der Waals surface area contributed by atoms with Crippen LogP contribution in [0.1, 0.15) is 10.5 Å². The summed E-state index contributed by atoms with van der Waals surface area (Å²) in [5.41, 5.74) is 4.85. The van der Waals surface area contributed by atoms with Crippen LogP contribution in [0.4, 0.5) is 5.69 Å².